The van der Waals surface area contributed by atoms with Crippen LogP contribution in [0.3, 0.4) is 0 Å². The van der Waals surface area contributed by atoms with E-state index in [1.165, 1.54) is 0 Å². The van der Waals surface area contributed by atoms with Gasteiger partial charge < -0.3 is 15.4 Å². The lowest BCUT2D eigenvalue weighted by molar-refractivity contribution is -0.119. The Bertz CT molecular complexity index is 325. The number of carbonyl (C=O) groups excluding carboxylic acids is 1. The average Bonchev–Trinajstić information content (AvgIpc) is 2.29. The van der Waals surface area contributed by atoms with E-state index in [1.54, 1.807) is 12.3 Å². The molecule has 0 saturated carbocycles. The molecule has 0 aliphatic carbocycles. The largest absolute Gasteiger partial charge is 0.478 e. The number of hydrogen-bond acceptors (Lipinski definition) is 4. The highest BCUT2D eigenvalue weighted by Gasteiger charge is 1.99. The number of anilines is 1. The van der Waals surface area contributed by atoms with Crippen molar-refractivity contribution >= 4 is 11.6 Å². The second-order valence-corrected chi connectivity index (χ2v) is 3.13. The molecule has 0 fully saturated rings. The third-order valence-electron chi connectivity index (χ3n) is 1.86. The van der Waals surface area contributed by atoms with Crippen LogP contribution in [0.5, 0.6) is 5.88 Å². The number of carbonyl (C=O) groups is 1. The van der Waals surface area contributed by atoms with Crippen LogP contribution in [-0.2, 0) is 4.79 Å². The van der Waals surface area contributed by atoms with E-state index in [0.717, 1.165) is 5.69 Å². The zero-order valence-corrected chi connectivity index (χ0v) is 9.62. The molecule has 2 N–H and O–H groups in total. The van der Waals surface area contributed by atoms with E-state index in [4.69, 9.17) is 4.74 Å². The second kappa shape index (κ2) is 6.66. The Morgan fingerprint density at radius 1 is 1.44 bits per heavy atom. The maximum Gasteiger partial charge on any atom is 0.239 e. The van der Waals surface area contributed by atoms with Gasteiger partial charge in [-0.25, -0.2) is 4.98 Å². The van der Waals surface area contributed by atoms with Crippen molar-refractivity contribution in [2.75, 3.05) is 25.0 Å². The summed E-state index contributed by atoms with van der Waals surface area (Å²) in [5, 5.41) is 5.67. The number of hydrogen-bond donors (Lipinski definition) is 2. The van der Waals surface area contributed by atoms with E-state index in [9.17, 15) is 4.79 Å². The Balaban J connectivity index is 2.40. The van der Waals surface area contributed by atoms with Crippen molar-refractivity contribution in [3.05, 3.63) is 18.3 Å². The fourth-order valence-corrected chi connectivity index (χ4v) is 1.16. The summed E-state index contributed by atoms with van der Waals surface area (Å²) in [6.45, 7) is 5.28. The van der Waals surface area contributed by atoms with Crippen LogP contribution in [0.2, 0.25) is 0 Å². The summed E-state index contributed by atoms with van der Waals surface area (Å²) in [5.74, 6) is 0.558. The molecule has 1 heterocycles. The van der Waals surface area contributed by atoms with Gasteiger partial charge in [-0.2, -0.15) is 0 Å². The second-order valence-electron chi connectivity index (χ2n) is 3.13. The summed E-state index contributed by atoms with van der Waals surface area (Å²) in [6.07, 6.45) is 1.64. The van der Waals surface area contributed by atoms with Crippen LogP contribution in [0.1, 0.15) is 13.8 Å². The molecule has 0 aliphatic heterocycles. The monoisotopic (exact) mass is 223 g/mol. The molecule has 1 aromatic rings. The van der Waals surface area contributed by atoms with Gasteiger partial charge in [0.15, 0.2) is 0 Å². The first-order valence-corrected chi connectivity index (χ1v) is 5.35. The number of amides is 1. The Labute approximate surface area is 95.2 Å². The molecule has 88 valence electrons. The molecule has 0 radical (unpaired) electrons. The maximum absolute atomic E-state index is 11.2. The number of nitrogens with zero attached hydrogens (tertiary/aromatic N) is 1. The Morgan fingerprint density at radius 3 is 2.81 bits per heavy atom. The van der Waals surface area contributed by atoms with Crippen LogP contribution in [0.15, 0.2) is 18.3 Å². The minimum Gasteiger partial charge on any atom is -0.478 e. The summed E-state index contributed by atoms with van der Waals surface area (Å²) >= 11 is 0. The highest BCUT2D eigenvalue weighted by Crippen LogP contribution is 2.10. The standard InChI is InChI=1S/C11H17N3O2/c1-3-12-10(15)8-13-9-5-6-11(14-7-9)16-4-2/h5-7,13H,3-4,8H2,1-2H3,(H,12,15). The quantitative estimate of drug-likeness (QED) is 0.756. The molecule has 0 bridgehead atoms. The molecular formula is C11H17N3O2. The molecule has 0 spiro atoms. The van der Waals surface area contributed by atoms with Gasteiger partial charge in [0.05, 0.1) is 25.0 Å². The lowest BCUT2D eigenvalue weighted by atomic mass is 10.4. The minimum absolute atomic E-state index is 0.0311. The first-order valence-electron chi connectivity index (χ1n) is 5.35. The molecule has 1 aromatic heterocycles. The molecule has 16 heavy (non-hydrogen) atoms. The fourth-order valence-electron chi connectivity index (χ4n) is 1.16. The lowest BCUT2D eigenvalue weighted by Crippen LogP contribution is -2.29. The maximum atomic E-state index is 11.2. The van der Waals surface area contributed by atoms with Crippen LogP contribution in [0.25, 0.3) is 0 Å². The smallest absolute Gasteiger partial charge is 0.239 e. The first kappa shape index (κ1) is 12.3. The Morgan fingerprint density at radius 2 is 2.25 bits per heavy atom. The van der Waals surface area contributed by atoms with Crippen LogP contribution in [0.4, 0.5) is 5.69 Å². The predicted octanol–water partition coefficient (Wildman–Crippen LogP) is 1.03. The van der Waals surface area contributed by atoms with E-state index in [0.29, 0.717) is 19.0 Å². The van der Waals surface area contributed by atoms with Crippen LogP contribution < -0.4 is 15.4 Å². The van der Waals surface area contributed by atoms with Crippen molar-refractivity contribution in [3.8, 4) is 5.88 Å². The van der Waals surface area contributed by atoms with Gasteiger partial charge in [0, 0.05) is 12.6 Å². The summed E-state index contributed by atoms with van der Waals surface area (Å²) in [7, 11) is 0. The van der Waals surface area contributed by atoms with Crippen LogP contribution in [0, 0.1) is 0 Å². The number of pyridine rings is 1. The zero-order valence-electron chi connectivity index (χ0n) is 9.62. The third kappa shape index (κ3) is 4.16. The SMILES string of the molecule is CCNC(=O)CNc1ccc(OCC)nc1. The number of likely N-dealkylation sites (N-methyl/N-ethyl adjacent to an activating group) is 1. The molecule has 0 aromatic carbocycles. The molecule has 0 atom stereocenters. The third-order valence-corrected chi connectivity index (χ3v) is 1.86. The summed E-state index contributed by atoms with van der Waals surface area (Å²) in [6, 6.07) is 3.60. The van der Waals surface area contributed by atoms with E-state index in [-0.39, 0.29) is 12.5 Å². The normalized spacial score (nSPS) is 9.62. The van der Waals surface area contributed by atoms with Crippen molar-refractivity contribution in [1.29, 1.82) is 0 Å². The number of rotatable bonds is 6. The van der Waals surface area contributed by atoms with E-state index < -0.39 is 0 Å². The van der Waals surface area contributed by atoms with Gasteiger partial charge in [-0.05, 0) is 19.9 Å². The molecule has 0 aliphatic rings. The van der Waals surface area contributed by atoms with Crippen molar-refractivity contribution in [2.45, 2.75) is 13.8 Å². The van der Waals surface area contributed by atoms with Gasteiger partial charge in [0.2, 0.25) is 11.8 Å². The number of aromatic nitrogens is 1. The summed E-state index contributed by atoms with van der Waals surface area (Å²) < 4.78 is 5.21. The lowest BCUT2D eigenvalue weighted by Gasteiger charge is -2.07. The number of ether oxygens (including phenoxy) is 1. The molecule has 0 saturated heterocycles. The topological polar surface area (TPSA) is 63.2 Å². The van der Waals surface area contributed by atoms with E-state index in [1.807, 2.05) is 19.9 Å². The first-order chi connectivity index (χ1) is 7.76. The van der Waals surface area contributed by atoms with Crippen molar-refractivity contribution in [3.63, 3.8) is 0 Å². The predicted molar refractivity (Wildman–Crippen MR) is 62.6 cm³/mol. The van der Waals surface area contributed by atoms with Crippen LogP contribution in [-0.4, -0.2) is 30.6 Å². The minimum atomic E-state index is -0.0311. The van der Waals surface area contributed by atoms with Gasteiger partial charge in [-0.3, -0.25) is 4.79 Å². The van der Waals surface area contributed by atoms with Gasteiger partial charge >= 0.3 is 0 Å². The van der Waals surface area contributed by atoms with Gasteiger partial charge in [-0.1, -0.05) is 0 Å². The Hall–Kier alpha value is -1.78. The molecule has 0 unspecified atom stereocenters. The van der Waals surface area contributed by atoms with Gasteiger partial charge in [0.25, 0.3) is 0 Å². The molecular weight excluding hydrogens is 206 g/mol. The van der Waals surface area contributed by atoms with Crippen molar-refractivity contribution in [1.82, 2.24) is 10.3 Å². The molecule has 1 rings (SSSR count). The van der Waals surface area contributed by atoms with Gasteiger partial charge in [-0.15, -0.1) is 0 Å². The van der Waals surface area contributed by atoms with E-state index in [2.05, 4.69) is 15.6 Å². The molecule has 5 heteroatoms. The highest BCUT2D eigenvalue weighted by atomic mass is 16.5. The zero-order chi connectivity index (χ0) is 11.8. The molecule has 5 nitrogen and oxygen atoms in total. The van der Waals surface area contributed by atoms with Gasteiger partial charge in [0.1, 0.15) is 0 Å². The molecule has 1 amide bonds. The summed E-state index contributed by atoms with van der Waals surface area (Å²) in [4.78, 5) is 15.2. The highest BCUT2D eigenvalue weighted by molar-refractivity contribution is 5.80. The average molecular weight is 223 g/mol. The fraction of sp³-hybridized carbons (Fsp3) is 0.455. The van der Waals surface area contributed by atoms with Crippen LogP contribution >= 0.6 is 0 Å². The van der Waals surface area contributed by atoms with Crippen molar-refractivity contribution in [2.24, 2.45) is 0 Å². The Kier molecular flexibility index (Phi) is 5.11. The van der Waals surface area contributed by atoms with E-state index >= 15 is 0 Å². The summed E-state index contributed by atoms with van der Waals surface area (Å²) in [5.41, 5.74) is 0.801. The van der Waals surface area contributed by atoms with Crippen molar-refractivity contribution < 1.29 is 9.53 Å². The number of nitrogens with one attached hydrogen (secondary N) is 2.